The molecule has 108 valence electrons. The van der Waals surface area contributed by atoms with Crippen LogP contribution in [0.15, 0.2) is 23.2 Å². The maximum Gasteiger partial charge on any atom is 0.188 e. The first kappa shape index (κ1) is 18.2. The number of hydrogen-bond donors (Lipinski definition) is 2. The molecule has 0 saturated heterocycles. The van der Waals surface area contributed by atoms with Gasteiger partial charge in [-0.05, 0) is 43.4 Å². The Kier molecular flexibility index (Phi) is 9.65. The highest BCUT2D eigenvalue weighted by Crippen LogP contribution is 2.13. The summed E-state index contributed by atoms with van der Waals surface area (Å²) in [5.74, 6) is 0.565. The standard InChI is InChI=1S/C15H25N3.HI/c1-4-5-10-17-15(16)18-11-9-14-12(2)7-6-8-13(14)3;/h6-8H,4-5,9-11H2,1-3H3,(H3,16,17,18);1H. The number of unbranched alkanes of at least 4 members (excludes halogenated alkanes) is 1. The number of benzene rings is 1. The molecule has 0 radical (unpaired) electrons. The number of hydrogen-bond acceptors (Lipinski definition) is 1. The molecule has 1 aromatic rings. The molecule has 0 fully saturated rings. The Morgan fingerprint density at radius 3 is 2.47 bits per heavy atom. The van der Waals surface area contributed by atoms with Crippen molar-refractivity contribution in [2.24, 2.45) is 10.7 Å². The van der Waals surface area contributed by atoms with Gasteiger partial charge >= 0.3 is 0 Å². The average Bonchev–Trinajstić information content (AvgIpc) is 2.33. The normalized spacial score (nSPS) is 11.0. The molecule has 0 aliphatic rings. The lowest BCUT2D eigenvalue weighted by atomic mass is 10.0. The molecule has 0 amide bonds. The van der Waals surface area contributed by atoms with Crippen molar-refractivity contribution in [2.75, 3.05) is 13.1 Å². The minimum Gasteiger partial charge on any atom is -0.370 e. The molecule has 3 N–H and O–H groups in total. The Bertz CT molecular complexity index is 382. The summed E-state index contributed by atoms with van der Waals surface area (Å²) >= 11 is 0. The van der Waals surface area contributed by atoms with E-state index >= 15 is 0 Å². The van der Waals surface area contributed by atoms with Gasteiger partial charge in [0.25, 0.3) is 0 Å². The number of aryl methyl sites for hydroxylation is 2. The van der Waals surface area contributed by atoms with Gasteiger partial charge in [0.2, 0.25) is 0 Å². The van der Waals surface area contributed by atoms with E-state index < -0.39 is 0 Å². The zero-order valence-corrected chi connectivity index (χ0v) is 14.5. The van der Waals surface area contributed by atoms with Crippen LogP contribution < -0.4 is 11.1 Å². The molecule has 1 rings (SSSR count). The summed E-state index contributed by atoms with van der Waals surface area (Å²) < 4.78 is 0. The third-order valence-electron chi connectivity index (χ3n) is 3.12. The zero-order valence-electron chi connectivity index (χ0n) is 12.2. The number of nitrogens with two attached hydrogens (primary N) is 1. The number of nitrogens with one attached hydrogen (secondary N) is 1. The van der Waals surface area contributed by atoms with Gasteiger partial charge in [-0.15, -0.1) is 24.0 Å². The van der Waals surface area contributed by atoms with Crippen LogP contribution in [0.2, 0.25) is 0 Å². The Labute approximate surface area is 134 Å². The van der Waals surface area contributed by atoms with E-state index in [2.05, 4.69) is 49.3 Å². The molecule has 0 spiro atoms. The lowest BCUT2D eigenvalue weighted by Crippen LogP contribution is -2.33. The fraction of sp³-hybridized carbons (Fsp3) is 0.533. The molecular formula is C15H26IN3. The van der Waals surface area contributed by atoms with Crippen molar-refractivity contribution in [2.45, 2.75) is 40.0 Å². The maximum atomic E-state index is 5.79. The molecule has 0 saturated carbocycles. The van der Waals surface area contributed by atoms with Gasteiger partial charge in [0.05, 0.1) is 0 Å². The maximum absolute atomic E-state index is 5.79. The second-order valence-corrected chi connectivity index (χ2v) is 4.67. The molecule has 3 nitrogen and oxygen atoms in total. The highest BCUT2D eigenvalue weighted by Gasteiger charge is 2.01. The van der Waals surface area contributed by atoms with E-state index in [0.29, 0.717) is 5.96 Å². The molecule has 0 heterocycles. The van der Waals surface area contributed by atoms with E-state index in [1.165, 1.54) is 16.7 Å². The molecule has 0 aliphatic carbocycles. The van der Waals surface area contributed by atoms with Gasteiger partial charge in [-0.1, -0.05) is 31.5 Å². The van der Waals surface area contributed by atoms with Crippen molar-refractivity contribution >= 4 is 29.9 Å². The van der Waals surface area contributed by atoms with E-state index in [1.807, 2.05) is 0 Å². The summed E-state index contributed by atoms with van der Waals surface area (Å²) in [5, 5.41) is 3.17. The van der Waals surface area contributed by atoms with Crippen LogP contribution in [0, 0.1) is 13.8 Å². The van der Waals surface area contributed by atoms with E-state index in [9.17, 15) is 0 Å². The van der Waals surface area contributed by atoms with Crippen molar-refractivity contribution in [3.05, 3.63) is 34.9 Å². The van der Waals surface area contributed by atoms with Gasteiger partial charge in [0.1, 0.15) is 0 Å². The van der Waals surface area contributed by atoms with Crippen molar-refractivity contribution in [1.29, 1.82) is 0 Å². The largest absolute Gasteiger partial charge is 0.370 e. The smallest absolute Gasteiger partial charge is 0.188 e. The van der Waals surface area contributed by atoms with Gasteiger partial charge in [-0.25, -0.2) is 0 Å². The molecule has 0 aliphatic heterocycles. The molecule has 0 aromatic heterocycles. The number of nitrogens with zero attached hydrogens (tertiary/aromatic N) is 1. The van der Waals surface area contributed by atoms with Crippen LogP contribution >= 0.6 is 24.0 Å². The highest BCUT2D eigenvalue weighted by molar-refractivity contribution is 14.0. The van der Waals surface area contributed by atoms with E-state index in [-0.39, 0.29) is 24.0 Å². The summed E-state index contributed by atoms with van der Waals surface area (Å²) in [4.78, 5) is 4.27. The summed E-state index contributed by atoms with van der Waals surface area (Å²) in [6.07, 6.45) is 3.24. The number of aliphatic imine (C=N–C) groups is 1. The van der Waals surface area contributed by atoms with Crippen molar-refractivity contribution in [1.82, 2.24) is 5.32 Å². The van der Waals surface area contributed by atoms with Crippen LogP contribution in [-0.4, -0.2) is 19.0 Å². The summed E-state index contributed by atoms with van der Waals surface area (Å²) in [6.45, 7) is 8.12. The first-order valence-electron chi connectivity index (χ1n) is 6.74. The van der Waals surface area contributed by atoms with Crippen LogP contribution in [-0.2, 0) is 6.42 Å². The second-order valence-electron chi connectivity index (χ2n) is 4.67. The van der Waals surface area contributed by atoms with Gasteiger partial charge in [-0.3, -0.25) is 4.99 Å². The average molecular weight is 375 g/mol. The molecule has 0 atom stereocenters. The first-order valence-corrected chi connectivity index (χ1v) is 6.74. The number of guanidine groups is 1. The predicted octanol–water partition coefficient (Wildman–Crippen LogP) is 3.17. The summed E-state index contributed by atoms with van der Waals surface area (Å²) in [5.41, 5.74) is 9.89. The fourth-order valence-corrected chi connectivity index (χ4v) is 1.97. The molecular weight excluding hydrogens is 349 g/mol. The Morgan fingerprint density at radius 1 is 1.26 bits per heavy atom. The third-order valence-corrected chi connectivity index (χ3v) is 3.12. The van der Waals surface area contributed by atoms with Crippen molar-refractivity contribution in [3.63, 3.8) is 0 Å². The lowest BCUT2D eigenvalue weighted by molar-refractivity contribution is 0.789. The third kappa shape index (κ3) is 6.80. The van der Waals surface area contributed by atoms with Crippen LogP contribution in [0.5, 0.6) is 0 Å². The molecule has 1 aromatic carbocycles. The van der Waals surface area contributed by atoms with Gasteiger partial charge in [0, 0.05) is 13.1 Å². The highest BCUT2D eigenvalue weighted by atomic mass is 127. The lowest BCUT2D eigenvalue weighted by Gasteiger charge is -2.10. The van der Waals surface area contributed by atoms with Crippen LogP contribution in [0.4, 0.5) is 0 Å². The number of rotatable bonds is 6. The molecule has 4 heteroatoms. The van der Waals surface area contributed by atoms with Crippen molar-refractivity contribution in [3.8, 4) is 0 Å². The zero-order chi connectivity index (χ0) is 13.4. The molecule has 0 bridgehead atoms. The molecule has 19 heavy (non-hydrogen) atoms. The van der Waals surface area contributed by atoms with Gasteiger partial charge in [-0.2, -0.15) is 0 Å². The quantitative estimate of drug-likeness (QED) is 0.347. The fourth-order valence-electron chi connectivity index (χ4n) is 1.97. The Hall–Kier alpha value is -0.780. The van der Waals surface area contributed by atoms with Crippen molar-refractivity contribution < 1.29 is 0 Å². The summed E-state index contributed by atoms with van der Waals surface area (Å²) in [6, 6.07) is 6.41. The van der Waals surface area contributed by atoms with Crippen LogP contribution in [0.1, 0.15) is 36.5 Å². The SMILES string of the molecule is CCCCN=C(N)NCCc1c(C)cccc1C.I. The minimum absolute atomic E-state index is 0. The Balaban J connectivity index is 0.00000324. The van der Waals surface area contributed by atoms with E-state index in [1.54, 1.807) is 0 Å². The van der Waals surface area contributed by atoms with Gasteiger partial charge < -0.3 is 11.1 Å². The predicted molar refractivity (Wildman–Crippen MR) is 94.4 cm³/mol. The van der Waals surface area contributed by atoms with E-state index in [0.717, 1.165) is 32.4 Å². The minimum atomic E-state index is 0. The van der Waals surface area contributed by atoms with Crippen LogP contribution in [0.3, 0.4) is 0 Å². The van der Waals surface area contributed by atoms with E-state index in [4.69, 9.17) is 5.73 Å². The molecule has 0 unspecified atom stereocenters. The number of halogens is 1. The summed E-state index contributed by atoms with van der Waals surface area (Å²) in [7, 11) is 0. The second kappa shape index (κ2) is 10.1. The van der Waals surface area contributed by atoms with Gasteiger partial charge in [0.15, 0.2) is 5.96 Å². The monoisotopic (exact) mass is 375 g/mol. The first-order chi connectivity index (χ1) is 8.65. The topological polar surface area (TPSA) is 50.4 Å². The van der Waals surface area contributed by atoms with Crippen LogP contribution in [0.25, 0.3) is 0 Å². The Morgan fingerprint density at radius 2 is 1.89 bits per heavy atom.